The summed E-state index contributed by atoms with van der Waals surface area (Å²) in [4.78, 5) is 20.5. The maximum atomic E-state index is 5.14. The molecule has 0 N–H and O–H groups in total. The zero-order chi connectivity index (χ0) is 96.6. The summed E-state index contributed by atoms with van der Waals surface area (Å²) in [5.74, 6) is 5.37. The van der Waals surface area contributed by atoms with Crippen LogP contribution in [0.4, 0.5) is 0 Å². The summed E-state index contributed by atoms with van der Waals surface area (Å²) in [5.41, 5.74) is 42.9. The van der Waals surface area contributed by atoms with Gasteiger partial charge in [-0.2, -0.15) is 0 Å². The Morgan fingerprint density at radius 3 is 0.779 bits per heavy atom. The third-order valence-corrected chi connectivity index (χ3v) is 31.6. The third-order valence-electron chi connectivity index (χ3n) is 31.6. The molecule has 12 nitrogen and oxygen atoms in total. The number of para-hydroxylation sites is 8. The highest BCUT2D eigenvalue weighted by Gasteiger charge is 2.30. The average Bonchev–Trinajstić information content (AvgIpc) is 1.53. The zero-order valence-corrected chi connectivity index (χ0v) is 82.0. The van der Waals surface area contributed by atoms with Gasteiger partial charge in [-0.1, -0.05) is 289 Å². The van der Waals surface area contributed by atoms with Crippen LogP contribution in [-0.2, 0) is 0 Å². The first-order valence-corrected chi connectivity index (χ1v) is 50.8. The summed E-state index contributed by atoms with van der Waals surface area (Å²) in [5, 5.41) is 22.8. The topological polar surface area (TPSA) is 86.8 Å². The Morgan fingerprint density at radius 1 is 0.179 bits per heavy atom. The number of fused-ring (bicyclic) bond motifs is 37. The SMILES string of the molecule is CC(C)c1cc(-c2cc3c4cc5ccccc5cc4n4c3c(c2)n2c3ccccc3nc24)cc(C(C)C)c1.Cc1cc(-c2cc3c4cc5ccccc5cc4n4c3c(c2)n2c3ccccc3nc24)cc(C)c1C(C)C.Cc1cc(C)cc(-c2cc3c4cc5ccccc5cc4n4c3c(c2)n2c3ccccc3nc24)c1.c1ccc2cc3c(cc2c1)c1cc(-c2cccc4ccccc24)cc2c1n3c1nc3ccccc3n21. The van der Waals surface area contributed by atoms with Gasteiger partial charge < -0.3 is 0 Å². The first-order valence-electron chi connectivity index (χ1n) is 50.8. The Kier molecular flexibility index (Phi) is 17.6. The molecule has 688 valence electrons. The van der Waals surface area contributed by atoms with E-state index in [-0.39, 0.29) is 0 Å². The second-order valence-corrected chi connectivity index (χ2v) is 41.5. The summed E-state index contributed by atoms with van der Waals surface area (Å²) in [6.07, 6.45) is 0. The molecule has 12 heterocycles. The average molecular weight is 1860 g/mol. The molecule has 0 aliphatic carbocycles. The molecule has 0 aliphatic rings. The lowest BCUT2D eigenvalue weighted by molar-refractivity contribution is 0.834. The van der Waals surface area contributed by atoms with Crippen molar-refractivity contribution in [1.29, 1.82) is 0 Å². The normalized spacial score (nSPS) is 12.5. The van der Waals surface area contributed by atoms with Crippen LogP contribution in [0, 0.1) is 27.7 Å². The first-order chi connectivity index (χ1) is 71.0. The fourth-order valence-electron chi connectivity index (χ4n) is 25.2. The molecule has 0 saturated heterocycles. The van der Waals surface area contributed by atoms with Gasteiger partial charge in [0.05, 0.1) is 110 Å². The monoisotopic (exact) mass is 1860 g/mol. The Hall–Kier alpha value is -18.0. The Labute approximate surface area is 832 Å². The van der Waals surface area contributed by atoms with Gasteiger partial charge in [-0.3, -0.25) is 35.2 Å². The molecule has 0 aliphatic heterocycles. The Bertz CT molecular complexity index is 11200. The van der Waals surface area contributed by atoms with E-state index < -0.39 is 0 Å². The molecule has 0 saturated carbocycles. The fourth-order valence-corrected chi connectivity index (χ4v) is 25.2. The van der Waals surface area contributed by atoms with E-state index in [0.717, 1.165) is 67.2 Å². The molecule has 0 unspecified atom stereocenters. The van der Waals surface area contributed by atoms with Crippen LogP contribution in [0.5, 0.6) is 0 Å². The van der Waals surface area contributed by atoms with Gasteiger partial charge in [-0.05, 0) is 317 Å². The van der Waals surface area contributed by atoms with Crippen LogP contribution in [0.25, 0.3) is 275 Å². The van der Waals surface area contributed by atoms with Crippen LogP contribution >= 0.6 is 0 Å². The van der Waals surface area contributed by atoms with Crippen molar-refractivity contribution in [3.63, 3.8) is 0 Å². The first kappa shape index (κ1) is 82.9. The van der Waals surface area contributed by atoms with E-state index >= 15 is 0 Å². The molecule has 0 radical (unpaired) electrons. The van der Waals surface area contributed by atoms with Gasteiger partial charge in [0.15, 0.2) is 0 Å². The van der Waals surface area contributed by atoms with Crippen LogP contribution in [0.3, 0.4) is 0 Å². The molecule has 12 aromatic heterocycles. The highest BCUT2D eigenvalue weighted by atomic mass is 15.2. The predicted molar refractivity (Wildman–Crippen MR) is 610 cm³/mol. The van der Waals surface area contributed by atoms with Crippen molar-refractivity contribution in [2.75, 3.05) is 0 Å². The maximum Gasteiger partial charge on any atom is 0.220 e. The van der Waals surface area contributed by atoms with Crippen molar-refractivity contribution in [2.45, 2.75) is 87.0 Å². The van der Waals surface area contributed by atoms with Crippen molar-refractivity contribution >= 4 is 230 Å². The molecule has 33 aromatic rings. The van der Waals surface area contributed by atoms with Crippen molar-refractivity contribution in [2.24, 2.45) is 0 Å². The second-order valence-electron chi connectivity index (χ2n) is 41.5. The molecule has 0 fully saturated rings. The molecule has 12 heteroatoms. The minimum atomic E-state index is 0.476. The van der Waals surface area contributed by atoms with Crippen LogP contribution in [-0.4, -0.2) is 55.1 Å². The van der Waals surface area contributed by atoms with Crippen LogP contribution in [0.2, 0.25) is 0 Å². The molecule has 21 aromatic carbocycles. The van der Waals surface area contributed by atoms with Crippen molar-refractivity contribution in [1.82, 2.24) is 55.1 Å². The van der Waals surface area contributed by atoms with E-state index in [2.05, 4.69) is 487 Å². The van der Waals surface area contributed by atoms with E-state index in [1.165, 1.54) is 247 Å². The zero-order valence-electron chi connectivity index (χ0n) is 82.0. The number of aryl methyl sites for hydroxylation is 4. The maximum absolute atomic E-state index is 5.14. The number of benzene rings is 21. The number of aromatic nitrogens is 12. The molecular weight excluding hydrogens is 1770 g/mol. The fraction of sp³-hybridized carbons (Fsp3) is 0.0977. The number of nitrogens with zero attached hydrogens (tertiary/aromatic N) is 12. The van der Waals surface area contributed by atoms with Gasteiger partial charge in [0.1, 0.15) is 0 Å². The summed E-state index contributed by atoms with van der Waals surface area (Å²) in [6.45, 7) is 22.6. The van der Waals surface area contributed by atoms with Gasteiger partial charge in [0.25, 0.3) is 0 Å². The lowest BCUT2D eigenvalue weighted by Gasteiger charge is -2.16. The number of hydrogen-bond donors (Lipinski definition) is 0. The largest absolute Gasteiger partial charge is 0.277 e. The Balaban J connectivity index is 0.0000000899. The van der Waals surface area contributed by atoms with E-state index in [1.807, 2.05) is 0 Å². The number of hydrogen-bond acceptors (Lipinski definition) is 4. The van der Waals surface area contributed by atoms with Gasteiger partial charge in [-0.25, -0.2) is 19.9 Å². The lowest BCUT2D eigenvalue weighted by Crippen LogP contribution is -1.97. The van der Waals surface area contributed by atoms with Gasteiger partial charge >= 0.3 is 0 Å². The van der Waals surface area contributed by atoms with Gasteiger partial charge in [-0.15, -0.1) is 0 Å². The number of imidazole rings is 8. The Morgan fingerprint density at radius 2 is 0.448 bits per heavy atom. The van der Waals surface area contributed by atoms with Crippen LogP contribution in [0.15, 0.2) is 382 Å². The minimum Gasteiger partial charge on any atom is -0.277 e. The highest BCUT2D eigenvalue weighted by Crippen LogP contribution is 2.49. The van der Waals surface area contributed by atoms with E-state index in [1.54, 1.807) is 0 Å². The quantitative estimate of drug-likeness (QED) is 0.159. The van der Waals surface area contributed by atoms with Crippen molar-refractivity contribution in [3.05, 3.63) is 421 Å². The molecule has 0 atom stereocenters. The molecule has 0 spiro atoms. The molecule has 0 bridgehead atoms. The summed E-state index contributed by atoms with van der Waals surface area (Å²) < 4.78 is 18.8. The molecular formula is C133H96N12. The van der Waals surface area contributed by atoms with E-state index in [0.29, 0.717) is 17.8 Å². The molecule has 145 heavy (non-hydrogen) atoms. The highest BCUT2D eigenvalue weighted by molar-refractivity contribution is 6.25. The smallest absolute Gasteiger partial charge is 0.220 e. The number of rotatable bonds is 7. The molecule has 0 amide bonds. The standard InChI is InChI=1S/C35H29N3.C34H27N3.C33H19N3.C31H21N3/c1-20(2)24-13-25(21(3)4)15-26(14-24)27-17-29-28-16-22-9-5-6-10-23(22)18-32(28)38-34(29)33(19-27)37-31-12-8-7-11-30(31)36-35(37)38;1-19(2)32-20(3)13-24(14-21(32)4)25-16-27-26-15-22-9-5-6-10-23(22)17-30(26)37-33(27)31(18-25)36-29-12-8-7-11-28(29)35-34(36)37;1-2-10-22-18-30-26(16-21(22)9-1)27-17-23(25-13-7-11-20-8-3-4-12-24(20)25)19-31-32(27)36(30)33-34-28-14-5-6-15-29(28)35(31)33;1-18-11-19(2)13-22(12-18)23-15-25-24-14-20-7-3-4-8-21(20)16-28(24)34-30(25)29(17-23)33-27-10-6-5-9-26(27)32-31(33)34/h5-21H,1-4H3;5-19H,1-4H3;1-19H;3-17H,1-2H3. The van der Waals surface area contributed by atoms with Crippen molar-refractivity contribution < 1.29 is 0 Å². The summed E-state index contributed by atoms with van der Waals surface area (Å²) >= 11 is 0. The summed E-state index contributed by atoms with van der Waals surface area (Å²) in [6, 6.07) is 140. The minimum absolute atomic E-state index is 0.476. The third kappa shape index (κ3) is 12.2. The molecule has 33 rings (SSSR count). The van der Waals surface area contributed by atoms with E-state index in [9.17, 15) is 0 Å². The predicted octanol–water partition coefficient (Wildman–Crippen LogP) is 35.0. The summed E-state index contributed by atoms with van der Waals surface area (Å²) in [7, 11) is 0. The second kappa shape index (κ2) is 30.8. The van der Waals surface area contributed by atoms with Gasteiger partial charge in [0.2, 0.25) is 23.1 Å². The van der Waals surface area contributed by atoms with Crippen molar-refractivity contribution in [3.8, 4) is 44.5 Å². The lowest BCUT2D eigenvalue weighted by atomic mass is 9.89. The van der Waals surface area contributed by atoms with Gasteiger partial charge in [0, 0.05) is 43.1 Å². The van der Waals surface area contributed by atoms with Crippen LogP contribution < -0.4 is 0 Å². The van der Waals surface area contributed by atoms with Crippen LogP contribution in [0.1, 0.15) is 98.2 Å². The van der Waals surface area contributed by atoms with E-state index in [4.69, 9.17) is 19.9 Å².